The summed E-state index contributed by atoms with van der Waals surface area (Å²) in [5.74, 6) is 1.07. The summed E-state index contributed by atoms with van der Waals surface area (Å²) in [5, 5.41) is 3.29. The maximum Gasteiger partial charge on any atom is 0.302 e. The quantitative estimate of drug-likeness (QED) is 0.561. The minimum absolute atomic E-state index is 1.07. The average Bonchev–Trinajstić information content (AvgIpc) is 2.07. The molecule has 1 aliphatic heterocycles. The van der Waals surface area contributed by atoms with E-state index >= 15 is 0 Å². The molecule has 0 saturated carbocycles. The van der Waals surface area contributed by atoms with Gasteiger partial charge in [0.1, 0.15) is 11.9 Å². The Morgan fingerprint density at radius 1 is 1.17 bits per heavy atom. The fraction of sp³-hybridized carbons (Fsp3) is 0.222. The molecule has 2 N–H and O–H groups in total. The molecule has 12 heavy (non-hydrogen) atoms. The van der Waals surface area contributed by atoms with E-state index in [1.807, 2.05) is 36.0 Å². The number of nitrogens with one attached hydrogen (secondary N) is 2. The molecule has 0 fully saturated rings. The van der Waals surface area contributed by atoms with Gasteiger partial charge in [0.05, 0.1) is 5.70 Å². The predicted molar refractivity (Wildman–Crippen MR) is 48.0 cm³/mol. The zero-order valence-corrected chi connectivity index (χ0v) is 7.26. The van der Waals surface area contributed by atoms with E-state index in [-0.39, 0.29) is 0 Å². The van der Waals surface area contributed by atoms with Crippen molar-refractivity contribution in [1.29, 1.82) is 0 Å². The number of nitrogens with zero attached hydrogens (tertiary/aromatic N) is 1. The van der Waals surface area contributed by atoms with E-state index in [2.05, 4.69) is 17.7 Å². The third-order valence-electron chi connectivity index (χ3n) is 2.03. The normalized spacial score (nSPS) is 14.8. The van der Waals surface area contributed by atoms with E-state index in [0.29, 0.717) is 0 Å². The van der Waals surface area contributed by atoms with Crippen LogP contribution >= 0.6 is 0 Å². The van der Waals surface area contributed by atoms with Gasteiger partial charge >= 0.3 is 5.82 Å². The highest BCUT2D eigenvalue weighted by atomic mass is 15.5. The first-order valence-electron chi connectivity index (χ1n) is 3.99. The van der Waals surface area contributed by atoms with Crippen molar-refractivity contribution in [3.8, 4) is 0 Å². The fourth-order valence-electron chi connectivity index (χ4n) is 1.19. The SMILES string of the molecule is CC1=C(C)N[n+]2ccccc2N1. The molecular weight excluding hydrogens is 150 g/mol. The molecule has 0 unspecified atom stereocenters. The predicted octanol–water partition coefficient (Wildman–Crippen LogP) is 1.19. The van der Waals surface area contributed by atoms with Crippen LogP contribution in [0.15, 0.2) is 35.8 Å². The van der Waals surface area contributed by atoms with Crippen molar-refractivity contribution in [2.45, 2.75) is 13.8 Å². The largest absolute Gasteiger partial charge is 0.302 e. The van der Waals surface area contributed by atoms with Gasteiger partial charge in [0.15, 0.2) is 0 Å². The molecule has 1 aromatic rings. The van der Waals surface area contributed by atoms with Crippen LogP contribution in [-0.2, 0) is 0 Å². The van der Waals surface area contributed by atoms with Crippen molar-refractivity contribution in [3.63, 3.8) is 0 Å². The highest BCUT2D eigenvalue weighted by molar-refractivity contribution is 5.40. The number of aromatic nitrogens is 1. The summed E-state index contributed by atoms with van der Waals surface area (Å²) in [7, 11) is 0. The fourth-order valence-corrected chi connectivity index (χ4v) is 1.19. The van der Waals surface area contributed by atoms with Crippen LogP contribution in [0.5, 0.6) is 0 Å². The van der Waals surface area contributed by atoms with Gasteiger partial charge in [-0.3, -0.25) is 0 Å². The van der Waals surface area contributed by atoms with E-state index in [0.717, 1.165) is 11.5 Å². The molecule has 0 bridgehead atoms. The zero-order chi connectivity index (χ0) is 8.55. The van der Waals surface area contributed by atoms with Gasteiger partial charge in [-0.15, -0.1) is 4.68 Å². The first-order valence-corrected chi connectivity index (χ1v) is 3.99. The van der Waals surface area contributed by atoms with Crippen molar-refractivity contribution in [1.82, 2.24) is 0 Å². The minimum Gasteiger partial charge on any atom is -0.241 e. The summed E-state index contributed by atoms with van der Waals surface area (Å²) < 4.78 is 1.96. The van der Waals surface area contributed by atoms with Crippen molar-refractivity contribution in [2.75, 3.05) is 10.7 Å². The topological polar surface area (TPSA) is 27.9 Å². The van der Waals surface area contributed by atoms with Crippen molar-refractivity contribution < 1.29 is 4.68 Å². The Kier molecular flexibility index (Phi) is 1.50. The Morgan fingerprint density at radius 3 is 2.83 bits per heavy atom. The second kappa shape index (κ2) is 2.52. The van der Waals surface area contributed by atoms with Gasteiger partial charge < -0.3 is 0 Å². The molecule has 0 amide bonds. The second-order valence-electron chi connectivity index (χ2n) is 2.94. The summed E-state index contributed by atoms with van der Waals surface area (Å²) >= 11 is 0. The van der Waals surface area contributed by atoms with Crippen molar-refractivity contribution >= 4 is 5.82 Å². The van der Waals surface area contributed by atoms with Crippen LogP contribution in [0.3, 0.4) is 0 Å². The van der Waals surface area contributed by atoms with Crippen molar-refractivity contribution in [2.24, 2.45) is 0 Å². The standard InChI is InChI=1S/C9H11N3/c1-7-8(2)11-12-6-4-3-5-9(12)10-7/h3-6,11H,1-2H3/p+1. The molecule has 0 aromatic carbocycles. The lowest BCUT2D eigenvalue weighted by Crippen LogP contribution is -2.49. The van der Waals surface area contributed by atoms with E-state index in [1.54, 1.807) is 0 Å². The van der Waals surface area contributed by atoms with Gasteiger partial charge in [0, 0.05) is 6.07 Å². The molecule has 2 rings (SSSR count). The first-order chi connectivity index (χ1) is 5.77. The Morgan fingerprint density at radius 2 is 2.00 bits per heavy atom. The van der Waals surface area contributed by atoms with Gasteiger partial charge in [-0.25, -0.2) is 10.7 Å². The highest BCUT2D eigenvalue weighted by Gasteiger charge is 2.16. The Balaban J connectivity index is 2.43. The molecule has 2 heterocycles. The number of hydrogen-bond donors (Lipinski definition) is 2. The van der Waals surface area contributed by atoms with E-state index in [1.165, 1.54) is 5.70 Å². The molecule has 1 aromatic heterocycles. The molecular formula is C9H12N3+. The smallest absolute Gasteiger partial charge is 0.241 e. The maximum atomic E-state index is 3.29. The summed E-state index contributed by atoms with van der Waals surface area (Å²) in [4.78, 5) is 0. The number of allylic oxidation sites excluding steroid dienone is 2. The molecule has 0 radical (unpaired) electrons. The lowest BCUT2D eigenvalue weighted by Gasteiger charge is -2.15. The second-order valence-corrected chi connectivity index (χ2v) is 2.94. The molecule has 3 heteroatoms. The van der Waals surface area contributed by atoms with Crippen LogP contribution in [0.4, 0.5) is 5.82 Å². The van der Waals surface area contributed by atoms with Crippen LogP contribution in [0.25, 0.3) is 0 Å². The third-order valence-corrected chi connectivity index (χ3v) is 2.03. The molecule has 0 saturated heterocycles. The van der Waals surface area contributed by atoms with Crippen molar-refractivity contribution in [3.05, 3.63) is 35.8 Å². The Hall–Kier alpha value is -1.51. The van der Waals surface area contributed by atoms with Gasteiger partial charge in [0.25, 0.3) is 0 Å². The van der Waals surface area contributed by atoms with Crippen LogP contribution in [-0.4, -0.2) is 0 Å². The van der Waals surface area contributed by atoms with Gasteiger partial charge in [-0.1, -0.05) is 6.07 Å². The lowest BCUT2D eigenvalue weighted by molar-refractivity contribution is -0.632. The molecule has 0 atom stereocenters. The molecule has 62 valence electrons. The number of anilines is 1. The number of pyridine rings is 1. The summed E-state index contributed by atoms with van der Waals surface area (Å²) in [6.07, 6.45) is 1.98. The summed E-state index contributed by atoms with van der Waals surface area (Å²) in [5.41, 5.74) is 5.56. The average molecular weight is 162 g/mol. The number of fused-ring (bicyclic) bond motifs is 1. The van der Waals surface area contributed by atoms with E-state index < -0.39 is 0 Å². The van der Waals surface area contributed by atoms with Crippen LogP contribution in [0.2, 0.25) is 0 Å². The van der Waals surface area contributed by atoms with Gasteiger partial charge in [-0.05, 0) is 19.9 Å². The summed E-state index contributed by atoms with van der Waals surface area (Å²) in [6.45, 7) is 4.10. The maximum absolute atomic E-state index is 3.29. The summed E-state index contributed by atoms with van der Waals surface area (Å²) in [6, 6.07) is 6.03. The minimum atomic E-state index is 1.07. The number of rotatable bonds is 0. The van der Waals surface area contributed by atoms with Gasteiger partial charge in [0.2, 0.25) is 0 Å². The molecule has 0 spiro atoms. The monoisotopic (exact) mass is 162 g/mol. The zero-order valence-electron chi connectivity index (χ0n) is 7.26. The first kappa shape index (κ1) is 7.16. The Labute approximate surface area is 71.7 Å². The van der Waals surface area contributed by atoms with Crippen LogP contribution in [0, 0.1) is 0 Å². The lowest BCUT2D eigenvalue weighted by atomic mass is 10.3. The third kappa shape index (κ3) is 1.03. The molecule has 1 aliphatic rings. The van der Waals surface area contributed by atoms with E-state index in [4.69, 9.17) is 0 Å². The molecule has 3 nitrogen and oxygen atoms in total. The Bertz CT molecular complexity index is 308. The van der Waals surface area contributed by atoms with E-state index in [9.17, 15) is 0 Å². The molecule has 0 aliphatic carbocycles. The van der Waals surface area contributed by atoms with Gasteiger partial charge in [-0.2, -0.15) is 0 Å². The number of hydrogen-bond acceptors (Lipinski definition) is 2. The van der Waals surface area contributed by atoms with Crippen LogP contribution in [0.1, 0.15) is 13.8 Å². The highest BCUT2D eigenvalue weighted by Crippen LogP contribution is 2.09. The van der Waals surface area contributed by atoms with Crippen LogP contribution < -0.4 is 15.4 Å².